The van der Waals surface area contributed by atoms with Gasteiger partial charge in [-0.05, 0) is 50.0 Å². The fourth-order valence-electron chi connectivity index (χ4n) is 4.97. The lowest BCUT2D eigenvalue weighted by Crippen LogP contribution is -2.23. The van der Waals surface area contributed by atoms with Crippen molar-refractivity contribution in [2.45, 2.75) is 70.3 Å². The van der Waals surface area contributed by atoms with Crippen molar-refractivity contribution >= 4 is 5.78 Å². The molecule has 3 aliphatic carbocycles. The largest absolute Gasteiger partial charge is 0.299 e. The Balaban J connectivity index is 1.38. The zero-order chi connectivity index (χ0) is 14.2. The second-order valence-corrected chi connectivity index (χ2v) is 7.50. The molecule has 114 valence electrons. The summed E-state index contributed by atoms with van der Waals surface area (Å²) < 4.78 is 2.13. The van der Waals surface area contributed by atoms with Crippen LogP contribution in [0.4, 0.5) is 0 Å². The molecule has 3 heteroatoms. The molecule has 3 atom stereocenters. The van der Waals surface area contributed by atoms with Crippen LogP contribution in [0, 0.1) is 17.8 Å². The van der Waals surface area contributed by atoms with Crippen molar-refractivity contribution in [2.24, 2.45) is 17.8 Å². The molecule has 0 radical (unpaired) electrons. The standard InChI is InChI=1S/C18H26N2O/c21-18(17-11-13-6-7-14(17)10-13)12-15-8-9-20(19-15)16-4-2-1-3-5-16/h8-9,13-14,16-17H,1-7,10-12H2. The summed E-state index contributed by atoms with van der Waals surface area (Å²) in [6.45, 7) is 0. The average Bonchev–Trinajstić information content (AvgIpc) is 3.24. The highest BCUT2D eigenvalue weighted by Gasteiger charge is 2.42. The fourth-order valence-corrected chi connectivity index (χ4v) is 4.97. The molecule has 4 rings (SSSR count). The summed E-state index contributed by atoms with van der Waals surface area (Å²) in [6.07, 6.45) is 14.3. The van der Waals surface area contributed by atoms with Crippen molar-refractivity contribution in [2.75, 3.05) is 0 Å². The van der Waals surface area contributed by atoms with Gasteiger partial charge in [-0.3, -0.25) is 9.48 Å². The maximum Gasteiger partial charge on any atom is 0.142 e. The van der Waals surface area contributed by atoms with Crippen LogP contribution in [0.1, 0.15) is 69.5 Å². The maximum atomic E-state index is 12.5. The predicted molar refractivity (Wildman–Crippen MR) is 82.0 cm³/mol. The fraction of sp³-hybridized carbons (Fsp3) is 0.778. The molecule has 1 aromatic rings. The van der Waals surface area contributed by atoms with E-state index in [0.717, 1.165) is 18.0 Å². The molecule has 0 spiro atoms. The van der Waals surface area contributed by atoms with Crippen molar-refractivity contribution in [3.05, 3.63) is 18.0 Å². The molecule has 1 aromatic heterocycles. The lowest BCUT2D eigenvalue weighted by atomic mass is 9.84. The summed E-state index contributed by atoms with van der Waals surface area (Å²) in [5.74, 6) is 2.35. The summed E-state index contributed by atoms with van der Waals surface area (Å²) in [4.78, 5) is 12.5. The van der Waals surface area contributed by atoms with Crippen LogP contribution in [0.2, 0.25) is 0 Å². The van der Waals surface area contributed by atoms with Crippen LogP contribution in [0.25, 0.3) is 0 Å². The van der Waals surface area contributed by atoms with Gasteiger partial charge in [0, 0.05) is 12.1 Å². The first-order valence-corrected chi connectivity index (χ1v) is 8.86. The third kappa shape index (κ3) is 2.67. The number of nitrogens with zero attached hydrogens (tertiary/aromatic N) is 2. The van der Waals surface area contributed by atoms with Gasteiger partial charge in [0.1, 0.15) is 5.78 Å². The van der Waals surface area contributed by atoms with E-state index in [2.05, 4.69) is 16.9 Å². The van der Waals surface area contributed by atoms with E-state index in [9.17, 15) is 4.79 Å². The van der Waals surface area contributed by atoms with E-state index < -0.39 is 0 Å². The number of hydrogen-bond acceptors (Lipinski definition) is 2. The van der Waals surface area contributed by atoms with Gasteiger partial charge in [0.15, 0.2) is 0 Å². The van der Waals surface area contributed by atoms with Crippen molar-refractivity contribution in [1.82, 2.24) is 9.78 Å². The SMILES string of the molecule is O=C(Cc1ccn(C2CCCCC2)n1)C1CC2CCC1C2. The molecule has 3 nitrogen and oxygen atoms in total. The van der Waals surface area contributed by atoms with Gasteiger partial charge in [-0.2, -0.15) is 5.10 Å². The van der Waals surface area contributed by atoms with E-state index >= 15 is 0 Å². The number of Topliss-reactive ketones (excluding diaryl/α,β-unsaturated/α-hetero) is 1. The van der Waals surface area contributed by atoms with E-state index in [1.807, 2.05) is 0 Å². The number of ketones is 1. The van der Waals surface area contributed by atoms with Crippen LogP contribution in [-0.2, 0) is 11.2 Å². The Bertz CT molecular complexity index is 515. The number of rotatable bonds is 4. The van der Waals surface area contributed by atoms with Gasteiger partial charge in [-0.1, -0.05) is 25.7 Å². The smallest absolute Gasteiger partial charge is 0.142 e. The number of aromatic nitrogens is 2. The second kappa shape index (κ2) is 5.58. The first kappa shape index (κ1) is 13.5. The maximum absolute atomic E-state index is 12.5. The number of fused-ring (bicyclic) bond motifs is 2. The van der Waals surface area contributed by atoms with Crippen LogP contribution < -0.4 is 0 Å². The molecule has 3 unspecified atom stereocenters. The minimum absolute atomic E-state index is 0.351. The van der Waals surface area contributed by atoms with Crippen molar-refractivity contribution in [3.8, 4) is 0 Å². The van der Waals surface area contributed by atoms with Crippen molar-refractivity contribution in [1.29, 1.82) is 0 Å². The van der Waals surface area contributed by atoms with Crippen LogP contribution in [0.15, 0.2) is 12.3 Å². The molecule has 21 heavy (non-hydrogen) atoms. The molecule has 3 aliphatic rings. The van der Waals surface area contributed by atoms with Crippen molar-refractivity contribution in [3.63, 3.8) is 0 Å². The molecule has 0 saturated heterocycles. The molecule has 3 saturated carbocycles. The third-order valence-electron chi connectivity index (χ3n) is 6.12. The molecular weight excluding hydrogens is 260 g/mol. The first-order chi connectivity index (χ1) is 10.3. The van der Waals surface area contributed by atoms with Crippen molar-refractivity contribution < 1.29 is 4.79 Å². The minimum atomic E-state index is 0.351. The van der Waals surface area contributed by atoms with Gasteiger partial charge in [0.2, 0.25) is 0 Å². The molecule has 3 fully saturated rings. The Morgan fingerprint density at radius 1 is 1.14 bits per heavy atom. The average molecular weight is 286 g/mol. The van der Waals surface area contributed by atoms with E-state index in [4.69, 9.17) is 5.10 Å². The highest BCUT2D eigenvalue weighted by atomic mass is 16.1. The monoisotopic (exact) mass is 286 g/mol. The number of carbonyl (C=O) groups is 1. The highest BCUT2D eigenvalue weighted by molar-refractivity contribution is 5.83. The Kier molecular flexibility index (Phi) is 3.60. The van der Waals surface area contributed by atoms with Gasteiger partial charge in [0.05, 0.1) is 18.2 Å². The molecule has 0 aliphatic heterocycles. The summed E-state index contributed by atoms with van der Waals surface area (Å²) in [7, 11) is 0. The Morgan fingerprint density at radius 2 is 2.00 bits per heavy atom. The molecule has 0 amide bonds. The summed E-state index contributed by atoms with van der Waals surface area (Å²) >= 11 is 0. The predicted octanol–water partition coefficient (Wildman–Crippen LogP) is 3.94. The quantitative estimate of drug-likeness (QED) is 0.840. The van der Waals surface area contributed by atoms with Gasteiger partial charge in [0.25, 0.3) is 0 Å². The third-order valence-corrected chi connectivity index (χ3v) is 6.12. The molecule has 0 aromatic carbocycles. The van der Waals surface area contributed by atoms with Crippen LogP contribution in [0.5, 0.6) is 0 Å². The molecule has 2 bridgehead atoms. The Morgan fingerprint density at radius 3 is 2.71 bits per heavy atom. The van der Waals surface area contributed by atoms with Gasteiger partial charge in [-0.15, -0.1) is 0 Å². The second-order valence-electron chi connectivity index (χ2n) is 7.50. The van der Waals surface area contributed by atoms with Gasteiger partial charge >= 0.3 is 0 Å². The number of carbonyl (C=O) groups excluding carboxylic acids is 1. The first-order valence-electron chi connectivity index (χ1n) is 8.86. The highest BCUT2D eigenvalue weighted by Crippen LogP contribution is 2.48. The van der Waals surface area contributed by atoms with Gasteiger partial charge < -0.3 is 0 Å². The number of hydrogen-bond donors (Lipinski definition) is 0. The van der Waals surface area contributed by atoms with Crippen LogP contribution >= 0.6 is 0 Å². The molecule has 1 heterocycles. The van der Waals surface area contributed by atoms with Crippen LogP contribution in [-0.4, -0.2) is 15.6 Å². The minimum Gasteiger partial charge on any atom is -0.299 e. The van der Waals surface area contributed by atoms with E-state index in [1.165, 1.54) is 51.4 Å². The Labute approximate surface area is 127 Å². The Hall–Kier alpha value is -1.12. The van der Waals surface area contributed by atoms with E-state index in [1.54, 1.807) is 0 Å². The summed E-state index contributed by atoms with van der Waals surface area (Å²) in [6, 6.07) is 2.64. The normalized spacial score (nSPS) is 32.7. The summed E-state index contributed by atoms with van der Waals surface area (Å²) in [5.41, 5.74) is 0.994. The van der Waals surface area contributed by atoms with E-state index in [-0.39, 0.29) is 0 Å². The zero-order valence-electron chi connectivity index (χ0n) is 12.8. The van der Waals surface area contributed by atoms with E-state index in [0.29, 0.717) is 30.1 Å². The lowest BCUT2D eigenvalue weighted by molar-refractivity contribution is -0.123. The zero-order valence-corrected chi connectivity index (χ0v) is 12.8. The van der Waals surface area contributed by atoms with Gasteiger partial charge in [-0.25, -0.2) is 0 Å². The molecular formula is C18H26N2O. The summed E-state index contributed by atoms with van der Waals surface area (Å²) in [5, 5.41) is 4.70. The van der Waals surface area contributed by atoms with Crippen LogP contribution in [0.3, 0.4) is 0 Å². The molecule has 0 N–H and O–H groups in total. The topological polar surface area (TPSA) is 34.9 Å². The lowest BCUT2D eigenvalue weighted by Gasteiger charge is -2.22.